The monoisotopic (exact) mass is 499 g/mol. The Bertz CT molecular complexity index is 1440. The first-order valence-corrected chi connectivity index (χ1v) is 11.9. The highest BCUT2D eigenvalue weighted by Gasteiger charge is 2.36. The summed E-state index contributed by atoms with van der Waals surface area (Å²) in [5.41, 5.74) is 0.733. The second-order valence-electron chi connectivity index (χ2n) is 9.46. The molecule has 1 saturated carbocycles. The molecule has 5 nitrogen and oxygen atoms in total. The molecule has 2 heterocycles. The Hall–Kier alpha value is -3.49. The van der Waals surface area contributed by atoms with Gasteiger partial charge in [-0.3, -0.25) is 4.98 Å². The van der Waals surface area contributed by atoms with Gasteiger partial charge in [0.1, 0.15) is 17.2 Å². The van der Waals surface area contributed by atoms with Crippen molar-refractivity contribution in [1.82, 2.24) is 15.0 Å². The molecule has 2 aromatic carbocycles. The number of methoxy groups -OCH3 is 1. The number of hydrogen-bond acceptors (Lipinski definition) is 4. The Morgan fingerprint density at radius 2 is 1.86 bits per heavy atom. The fourth-order valence-electron chi connectivity index (χ4n) is 5.49. The Morgan fingerprint density at radius 1 is 1.11 bits per heavy atom. The SMILES string of the molecule is COC(=O)c1ccc(C(F)(F)F)c2[nH]c(C(C)[C@H]3CC[C@@H](c4ccnc5ccc(F)cc54)CC3)nc12. The van der Waals surface area contributed by atoms with Gasteiger partial charge in [-0.15, -0.1) is 0 Å². The number of imidazole rings is 1. The maximum Gasteiger partial charge on any atom is 0.418 e. The molecule has 5 rings (SSSR count). The quantitative estimate of drug-likeness (QED) is 0.240. The number of pyridine rings is 1. The zero-order valence-corrected chi connectivity index (χ0v) is 19.8. The lowest BCUT2D eigenvalue weighted by Crippen LogP contribution is -2.19. The molecule has 0 bridgehead atoms. The fraction of sp³-hybridized carbons (Fsp3) is 0.370. The number of rotatable bonds is 4. The lowest BCUT2D eigenvalue weighted by molar-refractivity contribution is -0.136. The maximum absolute atomic E-state index is 13.9. The predicted molar refractivity (Wildman–Crippen MR) is 127 cm³/mol. The topological polar surface area (TPSA) is 67.9 Å². The van der Waals surface area contributed by atoms with Crippen LogP contribution in [0.4, 0.5) is 17.6 Å². The molecule has 9 heteroatoms. The number of hydrogen-bond donors (Lipinski definition) is 1. The van der Waals surface area contributed by atoms with E-state index in [1.807, 2.05) is 13.0 Å². The first kappa shape index (κ1) is 24.2. The van der Waals surface area contributed by atoms with Crippen LogP contribution in [-0.2, 0) is 10.9 Å². The normalized spacial score (nSPS) is 19.5. The largest absolute Gasteiger partial charge is 0.465 e. The average Bonchev–Trinajstić information content (AvgIpc) is 3.31. The van der Waals surface area contributed by atoms with Crippen molar-refractivity contribution in [3.05, 3.63) is 70.9 Å². The number of aromatic amines is 1. The van der Waals surface area contributed by atoms with Crippen LogP contribution in [0.5, 0.6) is 0 Å². The number of carbonyl (C=O) groups is 1. The number of aromatic nitrogens is 3. The van der Waals surface area contributed by atoms with Crippen molar-refractivity contribution in [2.45, 2.75) is 50.6 Å². The Labute approximate surface area is 204 Å². The molecule has 188 valence electrons. The minimum absolute atomic E-state index is 0.00398. The number of carbonyl (C=O) groups excluding carboxylic acids is 1. The molecule has 2 aromatic heterocycles. The predicted octanol–water partition coefficient (Wildman–Crippen LogP) is 7.13. The second kappa shape index (κ2) is 9.19. The molecule has 36 heavy (non-hydrogen) atoms. The summed E-state index contributed by atoms with van der Waals surface area (Å²) in [5, 5.41) is 0.821. The minimum atomic E-state index is -4.59. The van der Waals surface area contributed by atoms with E-state index in [2.05, 4.69) is 15.0 Å². The number of nitrogens with zero attached hydrogens (tertiary/aromatic N) is 2. The molecule has 1 atom stereocenters. The highest BCUT2D eigenvalue weighted by Crippen LogP contribution is 2.44. The zero-order valence-electron chi connectivity index (χ0n) is 19.8. The number of alkyl halides is 3. The number of ether oxygens (including phenoxy) is 1. The number of nitrogens with one attached hydrogen (secondary N) is 1. The van der Waals surface area contributed by atoms with E-state index in [0.29, 0.717) is 5.82 Å². The minimum Gasteiger partial charge on any atom is -0.465 e. The lowest BCUT2D eigenvalue weighted by Gasteiger charge is -2.32. The highest BCUT2D eigenvalue weighted by molar-refractivity contribution is 6.03. The average molecular weight is 500 g/mol. The molecule has 4 aromatic rings. The van der Waals surface area contributed by atoms with Crippen LogP contribution in [0, 0.1) is 11.7 Å². The van der Waals surface area contributed by atoms with Gasteiger partial charge in [0.15, 0.2) is 0 Å². The number of halogens is 4. The molecular weight excluding hydrogens is 474 g/mol. The van der Waals surface area contributed by atoms with Crippen LogP contribution >= 0.6 is 0 Å². The summed E-state index contributed by atoms with van der Waals surface area (Å²) in [6.07, 6.45) is 0.578. The number of fused-ring (bicyclic) bond motifs is 2. The molecule has 1 fully saturated rings. The van der Waals surface area contributed by atoms with Crippen molar-refractivity contribution >= 4 is 27.9 Å². The van der Waals surface area contributed by atoms with Crippen LogP contribution in [0.2, 0.25) is 0 Å². The van der Waals surface area contributed by atoms with Crippen LogP contribution in [0.1, 0.15) is 71.8 Å². The molecule has 1 unspecified atom stereocenters. The number of benzene rings is 2. The van der Waals surface area contributed by atoms with E-state index in [4.69, 9.17) is 4.74 Å². The first-order chi connectivity index (χ1) is 17.2. The molecule has 0 aliphatic heterocycles. The van der Waals surface area contributed by atoms with Crippen molar-refractivity contribution in [3.8, 4) is 0 Å². The Kier molecular flexibility index (Phi) is 6.18. The summed E-state index contributed by atoms with van der Waals surface area (Å²) in [7, 11) is 1.18. The summed E-state index contributed by atoms with van der Waals surface area (Å²) in [4.78, 5) is 23.8. The van der Waals surface area contributed by atoms with E-state index in [0.717, 1.165) is 54.3 Å². The Balaban J connectivity index is 1.41. The molecule has 0 radical (unpaired) electrons. The molecule has 0 saturated heterocycles. The first-order valence-electron chi connectivity index (χ1n) is 11.9. The van der Waals surface area contributed by atoms with Crippen LogP contribution in [-0.4, -0.2) is 28.0 Å². The molecule has 0 spiro atoms. The zero-order chi connectivity index (χ0) is 25.6. The van der Waals surface area contributed by atoms with Gasteiger partial charge in [0.25, 0.3) is 0 Å². The van der Waals surface area contributed by atoms with Gasteiger partial charge < -0.3 is 9.72 Å². The maximum atomic E-state index is 13.9. The summed E-state index contributed by atoms with van der Waals surface area (Å²) in [6, 6.07) is 8.55. The molecule has 1 aliphatic carbocycles. The van der Waals surface area contributed by atoms with Gasteiger partial charge in [0.2, 0.25) is 0 Å². The van der Waals surface area contributed by atoms with Gasteiger partial charge in [-0.2, -0.15) is 13.2 Å². The van der Waals surface area contributed by atoms with Gasteiger partial charge in [-0.05, 0) is 79.5 Å². The van der Waals surface area contributed by atoms with Gasteiger partial charge in [-0.1, -0.05) is 6.92 Å². The van der Waals surface area contributed by atoms with Crippen molar-refractivity contribution in [1.29, 1.82) is 0 Å². The van der Waals surface area contributed by atoms with Crippen LogP contribution in [0.3, 0.4) is 0 Å². The van der Waals surface area contributed by atoms with Crippen molar-refractivity contribution < 1.29 is 27.1 Å². The summed E-state index contributed by atoms with van der Waals surface area (Å²) in [5.74, 6) is -0.306. The van der Waals surface area contributed by atoms with Gasteiger partial charge in [0.05, 0.1) is 29.3 Å². The third-order valence-corrected chi connectivity index (χ3v) is 7.46. The number of H-pyrrole nitrogens is 1. The van der Waals surface area contributed by atoms with Crippen molar-refractivity contribution in [2.24, 2.45) is 5.92 Å². The van der Waals surface area contributed by atoms with Crippen LogP contribution < -0.4 is 0 Å². The lowest BCUT2D eigenvalue weighted by atomic mass is 9.73. The van der Waals surface area contributed by atoms with E-state index < -0.39 is 17.7 Å². The molecule has 0 amide bonds. The standard InChI is InChI=1S/C27H25F4N3O2/c1-14(25-33-23-19(26(35)36-2)8-9-21(24(23)34-25)27(29,30)31)15-3-5-16(6-4-15)18-11-12-32-22-10-7-17(28)13-20(18)22/h7-16H,3-6H2,1-2H3,(H,33,34)/t14?,15-,16+. The van der Waals surface area contributed by atoms with E-state index in [9.17, 15) is 22.4 Å². The van der Waals surface area contributed by atoms with Gasteiger partial charge in [0, 0.05) is 17.5 Å². The van der Waals surface area contributed by atoms with Crippen LogP contribution in [0.25, 0.3) is 21.9 Å². The Morgan fingerprint density at radius 3 is 2.56 bits per heavy atom. The summed E-state index contributed by atoms with van der Waals surface area (Å²) >= 11 is 0. The fourth-order valence-corrected chi connectivity index (χ4v) is 5.49. The highest BCUT2D eigenvalue weighted by atomic mass is 19.4. The number of esters is 1. The van der Waals surface area contributed by atoms with Gasteiger partial charge >= 0.3 is 12.1 Å². The van der Waals surface area contributed by atoms with Crippen LogP contribution in [0.15, 0.2) is 42.6 Å². The van der Waals surface area contributed by atoms with Crippen molar-refractivity contribution in [3.63, 3.8) is 0 Å². The second-order valence-corrected chi connectivity index (χ2v) is 9.46. The van der Waals surface area contributed by atoms with E-state index >= 15 is 0 Å². The molecule has 1 aliphatic rings. The van der Waals surface area contributed by atoms with E-state index in [1.54, 1.807) is 12.3 Å². The van der Waals surface area contributed by atoms with Crippen molar-refractivity contribution in [2.75, 3.05) is 7.11 Å². The molecular formula is C27H25F4N3O2. The summed E-state index contributed by atoms with van der Waals surface area (Å²) < 4.78 is 59.6. The van der Waals surface area contributed by atoms with E-state index in [1.165, 1.54) is 19.2 Å². The molecule has 1 N–H and O–H groups in total. The third kappa shape index (κ3) is 4.31. The third-order valence-electron chi connectivity index (χ3n) is 7.46. The smallest absolute Gasteiger partial charge is 0.418 e. The van der Waals surface area contributed by atoms with Gasteiger partial charge in [-0.25, -0.2) is 14.2 Å². The van der Waals surface area contributed by atoms with E-state index in [-0.39, 0.29) is 40.2 Å². The summed E-state index contributed by atoms with van der Waals surface area (Å²) in [6.45, 7) is 1.95.